The summed E-state index contributed by atoms with van der Waals surface area (Å²) in [5, 5.41) is 7.44. The number of hydrogen-bond donors (Lipinski definition) is 1. The Bertz CT molecular complexity index is 917. The monoisotopic (exact) mass is 430 g/mol. The number of anilines is 1. The molecule has 0 radical (unpaired) electrons. The Balaban J connectivity index is 1.76. The van der Waals surface area contributed by atoms with E-state index in [4.69, 9.17) is 19.2 Å². The van der Waals surface area contributed by atoms with Crippen molar-refractivity contribution in [2.45, 2.75) is 13.5 Å². The minimum Gasteiger partial charge on any atom is -0.493 e. The van der Waals surface area contributed by atoms with Crippen LogP contribution in [-0.2, 0) is 18.4 Å². The summed E-state index contributed by atoms with van der Waals surface area (Å²) in [5.74, 6) is 2.41. The highest BCUT2D eigenvalue weighted by Gasteiger charge is 2.27. The Hall–Kier alpha value is -3.43. The first-order chi connectivity index (χ1) is 15.0. The zero-order valence-corrected chi connectivity index (χ0v) is 18.7. The average molecular weight is 431 g/mol. The number of aliphatic imine (C=N–C) groups is 1. The molecular weight excluding hydrogens is 400 g/mol. The van der Waals surface area contributed by atoms with Gasteiger partial charge in [-0.3, -0.25) is 9.48 Å². The maximum Gasteiger partial charge on any atom is 0.246 e. The molecule has 1 aromatic carbocycles. The van der Waals surface area contributed by atoms with Gasteiger partial charge in [0.1, 0.15) is 6.54 Å². The molecule has 1 amide bonds. The number of piperazine rings is 1. The summed E-state index contributed by atoms with van der Waals surface area (Å²) in [7, 11) is 6.58. The Kier molecular flexibility index (Phi) is 7.22. The van der Waals surface area contributed by atoms with Crippen LogP contribution >= 0.6 is 0 Å². The summed E-state index contributed by atoms with van der Waals surface area (Å²) < 4.78 is 17.9. The maximum atomic E-state index is 12.8. The third kappa shape index (κ3) is 5.01. The van der Waals surface area contributed by atoms with Gasteiger partial charge >= 0.3 is 0 Å². The summed E-state index contributed by atoms with van der Waals surface area (Å²) in [6, 6.07) is 3.75. The van der Waals surface area contributed by atoms with Crippen LogP contribution in [0.2, 0.25) is 0 Å². The lowest BCUT2D eigenvalue weighted by molar-refractivity contribution is -0.120. The zero-order chi connectivity index (χ0) is 22.4. The normalized spacial score (nSPS) is 14.6. The van der Waals surface area contributed by atoms with Gasteiger partial charge in [-0.25, -0.2) is 4.99 Å². The minimum atomic E-state index is 0.0117. The first-order valence-corrected chi connectivity index (χ1v) is 10.1. The third-order valence-corrected chi connectivity index (χ3v) is 4.99. The molecule has 0 spiro atoms. The molecule has 0 bridgehead atoms. The number of rotatable bonds is 7. The molecule has 0 saturated carbocycles. The number of guanidine groups is 1. The van der Waals surface area contributed by atoms with Crippen LogP contribution in [0.5, 0.6) is 17.2 Å². The minimum absolute atomic E-state index is 0.0117. The number of aryl methyl sites for hydroxylation is 1. The van der Waals surface area contributed by atoms with Crippen molar-refractivity contribution in [2.75, 3.05) is 52.4 Å². The number of carbonyl (C=O) groups excluding carboxylic acids is 1. The van der Waals surface area contributed by atoms with Gasteiger partial charge in [-0.15, -0.1) is 0 Å². The fourth-order valence-electron chi connectivity index (χ4n) is 3.49. The molecule has 0 aliphatic carbocycles. The van der Waals surface area contributed by atoms with Crippen molar-refractivity contribution in [3.05, 3.63) is 30.1 Å². The second-order valence-corrected chi connectivity index (χ2v) is 7.04. The number of hydrogen-bond acceptors (Lipinski definition) is 6. The Morgan fingerprint density at radius 1 is 1.16 bits per heavy atom. The summed E-state index contributed by atoms with van der Waals surface area (Å²) in [5.41, 5.74) is 1.72. The van der Waals surface area contributed by atoms with Gasteiger partial charge in [0.25, 0.3) is 0 Å². The van der Waals surface area contributed by atoms with Crippen LogP contribution in [-0.4, -0.2) is 74.1 Å². The molecule has 1 aliphatic rings. The fraction of sp³-hybridized carbons (Fsp3) is 0.476. The molecule has 10 nitrogen and oxygen atoms in total. The van der Waals surface area contributed by atoms with Gasteiger partial charge in [0.2, 0.25) is 11.7 Å². The van der Waals surface area contributed by atoms with Gasteiger partial charge < -0.3 is 29.3 Å². The van der Waals surface area contributed by atoms with Crippen LogP contribution in [0.3, 0.4) is 0 Å². The maximum absolute atomic E-state index is 12.8. The van der Waals surface area contributed by atoms with Crippen molar-refractivity contribution >= 4 is 17.6 Å². The van der Waals surface area contributed by atoms with E-state index in [1.165, 1.54) is 0 Å². The summed E-state index contributed by atoms with van der Waals surface area (Å²) >= 11 is 0. The van der Waals surface area contributed by atoms with Crippen LogP contribution in [0.15, 0.2) is 29.5 Å². The van der Waals surface area contributed by atoms with Crippen molar-refractivity contribution in [2.24, 2.45) is 12.0 Å². The zero-order valence-electron chi connectivity index (χ0n) is 18.7. The van der Waals surface area contributed by atoms with Gasteiger partial charge in [-0.2, -0.15) is 5.10 Å². The van der Waals surface area contributed by atoms with E-state index < -0.39 is 0 Å². The predicted octanol–water partition coefficient (Wildman–Crippen LogP) is 1.26. The van der Waals surface area contributed by atoms with Crippen LogP contribution in [0.4, 0.5) is 5.69 Å². The molecule has 1 fully saturated rings. The Morgan fingerprint density at radius 3 is 2.39 bits per heavy atom. The van der Waals surface area contributed by atoms with E-state index in [1.807, 2.05) is 37.2 Å². The molecule has 0 atom stereocenters. The summed E-state index contributed by atoms with van der Waals surface area (Å²) in [6.45, 7) is 4.58. The smallest absolute Gasteiger partial charge is 0.246 e. The highest BCUT2D eigenvalue weighted by molar-refractivity contribution is 5.98. The van der Waals surface area contributed by atoms with Gasteiger partial charge in [0.05, 0.1) is 39.8 Å². The highest BCUT2D eigenvalue weighted by Crippen LogP contribution is 2.38. The molecule has 1 aromatic heterocycles. The standard InChI is InChI=1S/C21H30N6O4/c1-6-22-21(23-11-15-9-17(29-3)20(31-5)18(10-15)30-4)26-7-8-27(19(28)14-26)16-12-24-25(2)13-16/h9-10,12-13H,6-8,11,14H2,1-5H3,(H,22,23). The van der Waals surface area contributed by atoms with E-state index in [-0.39, 0.29) is 12.5 Å². The van der Waals surface area contributed by atoms with Crippen molar-refractivity contribution < 1.29 is 19.0 Å². The largest absolute Gasteiger partial charge is 0.493 e. The first-order valence-electron chi connectivity index (χ1n) is 10.1. The van der Waals surface area contributed by atoms with E-state index in [0.29, 0.717) is 49.4 Å². The number of ether oxygens (including phenoxy) is 3. The number of methoxy groups -OCH3 is 3. The molecule has 3 rings (SSSR count). The average Bonchev–Trinajstić information content (AvgIpc) is 3.21. The topological polar surface area (TPSA) is 93.5 Å². The molecule has 2 heterocycles. The Labute approximate surface area is 182 Å². The lowest BCUT2D eigenvalue weighted by Crippen LogP contribution is -2.55. The second kappa shape index (κ2) is 10.1. The molecular formula is C21H30N6O4. The van der Waals surface area contributed by atoms with Gasteiger partial charge in [-0.1, -0.05) is 0 Å². The van der Waals surface area contributed by atoms with Gasteiger partial charge in [-0.05, 0) is 24.6 Å². The molecule has 10 heteroatoms. The Morgan fingerprint density at radius 2 is 1.87 bits per heavy atom. The summed E-state index contributed by atoms with van der Waals surface area (Å²) in [4.78, 5) is 21.2. The van der Waals surface area contributed by atoms with E-state index >= 15 is 0 Å². The van der Waals surface area contributed by atoms with E-state index in [2.05, 4.69) is 10.4 Å². The lowest BCUT2D eigenvalue weighted by Gasteiger charge is -2.35. The second-order valence-electron chi connectivity index (χ2n) is 7.04. The highest BCUT2D eigenvalue weighted by atomic mass is 16.5. The molecule has 0 unspecified atom stereocenters. The van der Waals surface area contributed by atoms with Gasteiger partial charge in [0, 0.05) is 32.9 Å². The number of nitrogens with zero attached hydrogens (tertiary/aromatic N) is 5. The number of nitrogens with one attached hydrogen (secondary N) is 1. The summed E-state index contributed by atoms with van der Waals surface area (Å²) in [6.07, 6.45) is 3.55. The first kappa shape index (κ1) is 22.3. The number of amides is 1. The van der Waals surface area contributed by atoms with Crippen molar-refractivity contribution in [3.63, 3.8) is 0 Å². The van der Waals surface area contributed by atoms with E-state index in [0.717, 1.165) is 11.3 Å². The number of carbonyl (C=O) groups is 1. The van der Waals surface area contributed by atoms with Crippen LogP contribution in [0, 0.1) is 0 Å². The molecule has 1 saturated heterocycles. The SMILES string of the molecule is CCNC(=NCc1cc(OC)c(OC)c(OC)c1)N1CCN(c2cnn(C)c2)C(=O)C1. The van der Waals surface area contributed by atoms with Crippen LogP contribution < -0.4 is 24.4 Å². The lowest BCUT2D eigenvalue weighted by atomic mass is 10.2. The van der Waals surface area contributed by atoms with Crippen LogP contribution in [0.25, 0.3) is 0 Å². The predicted molar refractivity (Wildman–Crippen MR) is 118 cm³/mol. The fourth-order valence-corrected chi connectivity index (χ4v) is 3.49. The molecule has 168 valence electrons. The quantitative estimate of drug-likeness (QED) is 0.522. The molecule has 31 heavy (non-hydrogen) atoms. The third-order valence-electron chi connectivity index (χ3n) is 4.99. The van der Waals surface area contributed by atoms with E-state index in [9.17, 15) is 4.79 Å². The van der Waals surface area contributed by atoms with Crippen molar-refractivity contribution in [3.8, 4) is 17.2 Å². The molecule has 2 aromatic rings. The van der Waals surface area contributed by atoms with Crippen LogP contribution in [0.1, 0.15) is 12.5 Å². The molecule has 1 N–H and O–H groups in total. The van der Waals surface area contributed by atoms with Crippen molar-refractivity contribution in [1.29, 1.82) is 0 Å². The van der Waals surface area contributed by atoms with Gasteiger partial charge in [0.15, 0.2) is 17.5 Å². The van der Waals surface area contributed by atoms with E-state index in [1.54, 1.807) is 37.1 Å². The van der Waals surface area contributed by atoms with Crippen molar-refractivity contribution in [1.82, 2.24) is 20.0 Å². The molecule has 1 aliphatic heterocycles. The number of aromatic nitrogens is 2. The number of benzene rings is 1.